The van der Waals surface area contributed by atoms with Gasteiger partial charge in [-0.1, -0.05) is 46.5 Å². The molecule has 0 bridgehead atoms. The first-order valence-electron chi connectivity index (χ1n) is 5.35. The van der Waals surface area contributed by atoms with Gasteiger partial charge in [-0.2, -0.15) is 0 Å². The van der Waals surface area contributed by atoms with Crippen LogP contribution in [0.1, 0.15) is 52.9 Å². The molecule has 0 heterocycles. The highest BCUT2D eigenvalue weighted by molar-refractivity contribution is 5.07. The van der Waals surface area contributed by atoms with Crippen LogP contribution in [0.15, 0.2) is 0 Å². The van der Waals surface area contributed by atoms with Crippen molar-refractivity contribution in [1.29, 1.82) is 0 Å². The summed E-state index contributed by atoms with van der Waals surface area (Å²) in [6.45, 7) is 6.53. The molecule has 1 fully saturated rings. The highest BCUT2D eigenvalue weighted by atomic mass is 16.3. The van der Waals surface area contributed by atoms with Crippen molar-refractivity contribution in [3.05, 3.63) is 0 Å². The highest BCUT2D eigenvalue weighted by Crippen LogP contribution is 2.52. The first-order valence-corrected chi connectivity index (χ1v) is 5.35. The largest absolute Gasteiger partial charge is 0.389 e. The molecule has 1 aliphatic rings. The molecule has 2 atom stereocenters. The Hall–Kier alpha value is -0.0400. The molecule has 0 spiro atoms. The zero-order chi connectivity index (χ0) is 9.19. The van der Waals surface area contributed by atoms with E-state index in [9.17, 15) is 5.11 Å². The lowest BCUT2D eigenvalue weighted by molar-refractivity contribution is 0.109. The van der Waals surface area contributed by atoms with Crippen LogP contribution < -0.4 is 0 Å². The van der Waals surface area contributed by atoms with Gasteiger partial charge in [-0.25, -0.2) is 0 Å². The van der Waals surface area contributed by atoms with Gasteiger partial charge in [0.05, 0.1) is 5.60 Å². The number of hydrogen-bond acceptors (Lipinski definition) is 1. The summed E-state index contributed by atoms with van der Waals surface area (Å²) >= 11 is 0. The fourth-order valence-corrected chi connectivity index (χ4v) is 2.13. The molecule has 0 radical (unpaired) electrons. The van der Waals surface area contributed by atoms with Crippen LogP contribution in [0, 0.1) is 11.8 Å². The second-order valence-electron chi connectivity index (χ2n) is 4.38. The summed E-state index contributed by atoms with van der Waals surface area (Å²) in [6.07, 6.45) is 6.12. The zero-order valence-corrected chi connectivity index (χ0v) is 8.64. The maximum absolute atomic E-state index is 9.97. The standard InChI is InChI=1S/C11H22O/c1-4-5-6-7-8-11(12)9(2)10(11)3/h9-10,12H,4-8H2,1-3H3. The van der Waals surface area contributed by atoms with Gasteiger partial charge < -0.3 is 5.11 Å². The SMILES string of the molecule is CCCCCCC1(O)C(C)C1C. The fourth-order valence-electron chi connectivity index (χ4n) is 2.13. The summed E-state index contributed by atoms with van der Waals surface area (Å²) in [5.74, 6) is 1.08. The first-order chi connectivity index (χ1) is 5.63. The van der Waals surface area contributed by atoms with E-state index in [1.807, 2.05) is 0 Å². The number of rotatable bonds is 5. The Bertz CT molecular complexity index is 134. The van der Waals surface area contributed by atoms with Gasteiger partial charge >= 0.3 is 0 Å². The minimum Gasteiger partial charge on any atom is -0.389 e. The van der Waals surface area contributed by atoms with Crippen molar-refractivity contribution in [2.24, 2.45) is 11.8 Å². The van der Waals surface area contributed by atoms with Gasteiger partial charge in [0.25, 0.3) is 0 Å². The van der Waals surface area contributed by atoms with Crippen LogP contribution in [0.2, 0.25) is 0 Å². The molecule has 0 amide bonds. The third-order valence-corrected chi connectivity index (χ3v) is 3.65. The Morgan fingerprint density at radius 3 is 2.08 bits per heavy atom. The molecule has 12 heavy (non-hydrogen) atoms. The molecule has 2 unspecified atom stereocenters. The van der Waals surface area contributed by atoms with Crippen LogP contribution in [0.3, 0.4) is 0 Å². The maximum Gasteiger partial charge on any atom is 0.0705 e. The van der Waals surface area contributed by atoms with Gasteiger partial charge in [-0.15, -0.1) is 0 Å². The zero-order valence-electron chi connectivity index (χ0n) is 8.64. The summed E-state index contributed by atoms with van der Waals surface area (Å²) in [7, 11) is 0. The van der Waals surface area contributed by atoms with E-state index in [2.05, 4.69) is 20.8 Å². The lowest BCUT2D eigenvalue weighted by Gasteiger charge is -2.08. The minimum atomic E-state index is -0.284. The summed E-state index contributed by atoms with van der Waals surface area (Å²) in [5, 5.41) is 9.97. The van der Waals surface area contributed by atoms with E-state index in [1.54, 1.807) is 0 Å². The smallest absolute Gasteiger partial charge is 0.0705 e. The average Bonchev–Trinajstić information content (AvgIpc) is 2.52. The van der Waals surface area contributed by atoms with Crippen LogP contribution in [-0.2, 0) is 0 Å². The minimum absolute atomic E-state index is 0.284. The molecule has 1 rings (SSSR count). The van der Waals surface area contributed by atoms with Crippen molar-refractivity contribution in [3.63, 3.8) is 0 Å². The van der Waals surface area contributed by atoms with E-state index in [0.717, 1.165) is 6.42 Å². The van der Waals surface area contributed by atoms with Gasteiger partial charge in [0, 0.05) is 0 Å². The second kappa shape index (κ2) is 3.78. The first kappa shape index (κ1) is 10.0. The lowest BCUT2D eigenvalue weighted by atomic mass is 10.1. The number of hydrogen-bond donors (Lipinski definition) is 1. The number of unbranched alkanes of at least 4 members (excludes halogenated alkanes) is 3. The molecular formula is C11H22O. The van der Waals surface area contributed by atoms with E-state index in [-0.39, 0.29) is 5.60 Å². The average molecular weight is 170 g/mol. The van der Waals surface area contributed by atoms with Crippen LogP contribution in [0.5, 0.6) is 0 Å². The quantitative estimate of drug-likeness (QED) is 0.629. The van der Waals surface area contributed by atoms with Gasteiger partial charge in [0.15, 0.2) is 0 Å². The monoisotopic (exact) mass is 170 g/mol. The normalized spacial score (nSPS) is 40.0. The predicted octanol–water partition coefficient (Wildman–Crippen LogP) is 2.97. The molecule has 72 valence electrons. The molecule has 1 nitrogen and oxygen atoms in total. The molecule has 0 aromatic carbocycles. The molecule has 1 aliphatic carbocycles. The van der Waals surface area contributed by atoms with Crippen molar-refractivity contribution in [2.75, 3.05) is 0 Å². The maximum atomic E-state index is 9.97. The highest BCUT2D eigenvalue weighted by Gasteiger charge is 2.57. The van der Waals surface area contributed by atoms with Crippen LogP contribution in [0.4, 0.5) is 0 Å². The summed E-state index contributed by atoms with van der Waals surface area (Å²) in [4.78, 5) is 0. The third kappa shape index (κ3) is 1.82. The van der Waals surface area contributed by atoms with Gasteiger partial charge in [-0.05, 0) is 18.3 Å². The molecule has 0 aromatic heterocycles. The Kier molecular flexibility index (Phi) is 3.16. The van der Waals surface area contributed by atoms with E-state index < -0.39 is 0 Å². The molecule has 0 aromatic rings. The topological polar surface area (TPSA) is 20.2 Å². The predicted molar refractivity (Wildman–Crippen MR) is 52.0 cm³/mol. The Morgan fingerprint density at radius 1 is 1.08 bits per heavy atom. The van der Waals surface area contributed by atoms with Crippen molar-refractivity contribution < 1.29 is 5.11 Å². The van der Waals surface area contributed by atoms with E-state index >= 15 is 0 Å². The molecule has 1 saturated carbocycles. The van der Waals surface area contributed by atoms with Gasteiger partial charge in [-0.3, -0.25) is 0 Å². The van der Waals surface area contributed by atoms with Crippen LogP contribution in [-0.4, -0.2) is 10.7 Å². The molecule has 0 saturated heterocycles. The molecule has 1 heteroatoms. The second-order valence-corrected chi connectivity index (χ2v) is 4.38. The molecule has 0 aliphatic heterocycles. The van der Waals surface area contributed by atoms with Gasteiger partial charge in [0.1, 0.15) is 0 Å². The van der Waals surface area contributed by atoms with Crippen molar-refractivity contribution in [3.8, 4) is 0 Å². The van der Waals surface area contributed by atoms with E-state index in [0.29, 0.717) is 11.8 Å². The van der Waals surface area contributed by atoms with Crippen LogP contribution >= 0.6 is 0 Å². The Labute approximate surface area is 76.2 Å². The van der Waals surface area contributed by atoms with Crippen molar-refractivity contribution in [1.82, 2.24) is 0 Å². The summed E-state index contributed by atoms with van der Waals surface area (Å²) < 4.78 is 0. The van der Waals surface area contributed by atoms with Gasteiger partial charge in [0.2, 0.25) is 0 Å². The van der Waals surface area contributed by atoms with Crippen molar-refractivity contribution in [2.45, 2.75) is 58.5 Å². The lowest BCUT2D eigenvalue weighted by Crippen LogP contribution is -2.11. The van der Waals surface area contributed by atoms with E-state index in [1.165, 1.54) is 25.7 Å². The summed E-state index contributed by atoms with van der Waals surface area (Å²) in [5.41, 5.74) is -0.284. The third-order valence-electron chi connectivity index (χ3n) is 3.65. The Morgan fingerprint density at radius 2 is 1.67 bits per heavy atom. The molecular weight excluding hydrogens is 148 g/mol. The summed E-state index contributed by atoms with van der Waals surface area (Å²) in [6, 6.07) is 0. The van der Waals surface area contributed by atoms with Crippen molar-refractivity contribution >= 4 is 0 Å². The Balaban J connectivity index is 2.08. The fraction of sp³-hybridized carbons (Fsp3) is 1.00. The van der Waals surface area contributed by atoms with Crippen LogP contribution in [0.25, 0.3) is 0 Å². The van der Waals surface area contributed by atoms with E-state index in [4.69, 9.17) is 0 Å². The molecule has 1 N–H and O–H groups in total. The number of aliphatic hydroxyl groups is 1.